The minimum absolute atomic E-state index is 0.0762. The van der Waals surface area contributed by atoms with Crippen LogP contribution in [0.15, 0.2) is 79.9 Å². The van der Waals surface area contributed by atoms with Crippen molar-refractivity contribution >= 4 is 16.8 Å². The fourth-order valence-electron chi connectivity index (χ4n) is 2.77. The number of nitrogens with one attached hydrogen (secondary N) is 1. The van der Waals surface area contributed by atoms with Gasteiger partial charge in [0.2, 0.25) is 0 Å². The van der Waals surface area contributed by atoms with Gasteiger partial charge in [-0.3, -0.25) is 4.79 Å². The van der Waals surface area contributed by atoms with E-state index in [-0.39, 0.29) is 5.91 Å². The predicted octanol–water partition coefficient (Wildman–Crippen LogP) is 4.56. The van der Waals surface area contributed by atoms with Crippen LogP contribution in [0.1, 0.15) is 16.1 Å². The van der Waals surface area contributed by atoms with Crippen LogP contribution in [0, 0.1) is 0 Å². The summed E-state index contributed by atoms with van der Waals surface area (Å²) in [5.74, 6) is 0.684. The van der Waals surface area contributed by atoms with Crippen LogP contribution < -0.4 is 4.74 Å². The standard InChI is InChI=1S/C22H22N2O2/c1-3-12-24(13-4-2)22(25)21-14-18-10-11-19(15-20(18)23-21)26-16-17-8-6-5-7-9-17/h3-11,14-15,23H,1-2,12-13,16H2. The summed E-state index contributed by atoms with van der Waals surface area (Å²) in [6.07, 6.45) is 3.42. The lowest BCUT2D eigenvalue weighted by Gasteiger charge is -2.18. The molecule has 0 unspecified atom stereocenters. The van der Waals surface area contributed by atoms with Crippen molar-refractivity contribution in [3.8, 4) is 5.75 Å². The van der Waals surface area contributed by atoms with Gasteiger partial charge in [-0.25, -0.2) is 0 Å². The third-order valence-electron chi connectivity index (χ3n) is 4.06. The Labute approximate surface area is 153 Å². The molecule has 0 aliphatic heterocycles. The molecule has 0 saturated carbocycles. The zero-order valence-electron chi connectivity index (χ0n) is 14.7. The smallest absolute Gasteiger partial charge is 0.270 e. The molecule has 132 valence electrons. The van der Waals surface area contributed by atoms with Gasteiger partial charge in [0.05, 0.1) is 0 Å². The van der Waals surface area contributed by atoms with E-state index in [0.29, 0.717) is 25.4 Å². The second-order valence-corrected chi connectivity index (χ2v) is 5.99. The molecular formula is C22H22N2O2. The van der Waals surface area contributed by atoms with Gasteiger partial charge < -0.3 is 14.6 Å². The number of fused-ring (bicyclic) bond motifs is 1. The quantitative estimate of drug-likeness (QED) is 0.608. The summed E-state index contributed by atoms with van der Waals surface area (Å²) in [4.78, 5) is 17.5. The number of ether oxygens (including phenoxy) is 1. The number of H-pyrrole nitrogens is 1. The highest BCUT2D eigenvalue weighted by atomic mass is 16.5. The largest absolute Gasteiger partial charge is 0.489 e. The van der Waals surface area contributed by atoms with E-state index in [1.807, 2.05) is 54.6 Å². The van der Waals surface area contributed by atoms with Crippen molar-refractivity contribution in [2.45, 2.75) is 6.61 Å². The number of benzene rings is 2. The minimum atomic E-state index is -0.0762. The molecule has 1 amide bonds. The number of aromatic nitrogens is 1. The number of hydrogen-bond acceptors (Lipinski definition) is 2. The number of carbonyl (C=O) groups is 1. The van der Waals surface area contributed by atoms with Gasteiger partial charge in [0.25, 0.3) is 5.91 Å². The molecule has 0 fully saturated rings. The van der Waals surface area contributed by atoms with E-state index in [4.69, 9.17) is 4.74 Å². The van der Waals surface area contributed by atoms with Crippen molar-refractivity contribution in [1.82, 2.24) is 9.88 Å². The van der Waals surface area contributed by atoms with E-state index in [1.165, 1.54) is 0 Å². The van der Waals surface area contributed by atoms with E-state index >= 15 is 0 Å². The normalized spacial score (nSPS) is 10.5. The molecule has 0 atom stereocenters. The summed E-state index contributed by atoms with van der Waals surface area (Å²) in [5.41, 5.74) is 2.53. The molecule has 0 bridgehead atoms. The van der Waals surface area contributed by atoms with Gasteiger partial charge in [-0.05, 0) is 23.8 Å². The van der Waals surface area contributed by atoms with Gasteiger partial charge in [0.15, 0.2) is 0 Å². The third kappa shape index (κ3) is 4.03. The molecule has 26 heavy (non-hydrogen) atoms. The van der Waals surface area contributed by atoms with Crippen molar-refractivity contribution in [3.05, 3.63) is 91.2 Å². The molecule has 3 rings (SSSR count). The van der Waals surface area contributed by atoms with Crippen LogP contribution in [0.4, 0.5) is 0 Å². The van der Waals surface area contributed by atoms with Crippen LogP contribution in [0.3, 0.4) is 0 Å². The van der Waals surface area contributed by atoms with Gasteiger partial charge in [-0.15, -0.1) is 13.2 Å². The Morgan fingerprint density at radius 3 is 2.46 bits per heavy atom. The average Bonchev–Trinajstić information content (AvgIpc) is 3.10. The second-order valence-electron chi connectivity index (χ2n) is 5.99. The second kappa shape index (κ2) is 8.21. The summed E-state index contributed by atoms with van der Waals surface area (Å²) in [7, 11) is 0. The Balaban J connectivity index is 1.77. The molecule has 0 radical (unpaired) electrons. The summed E-state index contributed by atoms with van der Waals surface area (Å²) in [5, 5.41) is 0.970. The monoisotopic (exact) mass is 346 g/mol. The Morgan fingerprint density at radius 2 is 1.77 bits per heavy atom. The first-order valence-corrected chi connectivity index (χ1v) is 8.52. The molecule has 1 heterocycles. The Kier molecular flexibility index (Phi) is 5.54. The van der Waals surface area contributed by atoms with E-state index in [0.717, 1.165) is 22.2 Å². The summed E-state index contributed by atoms with van der Waals surface area (Å²) in [6.45, 7) is 8.87. The highest BCUT2D eigenvalue weighted by molar-refractivity contribution is 5.98. The lowest BCUT2D eigenvalue weighted by Crippen LogP contribution is -2.31. The van der Waals surface area contributed by atoms with Crippen molar-refractivity contribution in [2.75, 3.05) is 13.1 Å². The summed E-state index contributed by atoms with van der Waals surface area (Å²) < 4.78 is 5.85. The Bertz CT molecular complexity index is 902. The zero-order valence-corrected chi connectivity index (χ0v) is 14.7. The summed E-state index contributed by atoms with van der Waals surface area (Å²) >= 11 is 0. The lowest BCUT2D eigenvalue weighted by atomic mass is 10.2. The van der Waals surface area contributed by atoms with Crippen LogP contribution in [0.2, 0.25) is 0 Å². The molecule has 3 aromatic rings. The first-order chi connectivity index (χ1) is 12.7. The molecule has 0 saturated heterocycles. The molecule has 1 N–H and O–H groups in total. The van der Waals surface area contributed by atoms with Crippen molar-refractivity contribution < 1.29 is 9.53 Å². The van der Waals surface area contributed by atoms with Crippen molar-refractivity contribution in [3.63, 3.8) is 0 Å². The van der Waals surface area contributed by atoms with Gasteiger partial charge >= 0.3 is 0 Å². The maximum absolute atomic E-state index is 12.7. The molecule has 0 spiro atoms. The third-order valence-corrected chi connectivity index (χ3v) is 4.06. The van der Waals surface area contributed by atoms with Crippen LogP contribution in [-0.4, -0.2) is 28.9 Å². The Morgan fingerprint density at radius 1 is 1.04 bits per heavy atom. The molecule has 4 nitrogen and oxygen atoms in total. The predicted molar refractivity (Wildman–Crippen MR) is 105 cm³/mol. The van der Waals surface area contributed by atoms with Crippen LogP contribution in [0.5, 0.6) is 5.75 Å². The molecular weight excluding hydrogens is 324 g/mol. The minimum Gasteiger partial charge on any atom is -0.489 e. The van der Waals surface area contributed by atoms with Gasteiger partial charge in [-0.1, -0.05) is 42.5 Å². The first kappa shape index (κ1) is 17.5. The number of hydrogen-bond donors (Lipinski definition) is 1. The topological polar surface area (TPSA) is 45.3 Å². The molecule has 0 aliphatic carbocycles. The van der Waals surface area contributed by atoms with Crippen molar-refractivity contribution in [2.24, 2.45) is 0 Å². The SMILES string of the molecule is C=CCN(CC=C)C(=O)c1cc2ccc(OCc3ccccc3)cc2[nH]1. The summed E-state index contributed by atoms with van der Waals surface area (Å²) in [6, 6.07) is 17.7. The van der Waals surface area contributed by atoms with Crippen molar-refractivity contribution in [1.29, 1.82) is 0 Å². The fraction of sp³-hybridized carbons (Fsp3) is 0.136. The van der Waals surface area contributed by atoms with E-state index in [1.54, 1.807) is 17.1 Å². The molecule has 4 heteroatoms. The van der Waals surface area contributed by atoms with E-state index < -0.39 is 0 Å². The number of nitrogens with zero attached hydrogens (tertiary/aromatic N) is 1. The number of rotatable bonds is 8. The fourth-order valence-corrected chi connectivity index (χ4v) is 2.77. The van der Waals surface area contributed by atoms with Gasteiger partial charge in [-0.2, -0.15) is 0 Å². The molecule has 0 aliphatic rings. The lowest BCUT2D eigenvalue weighted by molar-refractivity contribution is 0.0786. The van der Waals surface area contributed by atoms with Crippen LogP contribution in [0.25, 0.3) is 10.9 Å². The van der Waals surface area contributed by atoms with E-state index in [9.17, 15) is 4.79 Å². The maximum Gasteiger partial charge on any atom is 0.270 e. The first-order valence-electron chi connectivity index (χ1n) is 8.52. The van der Waals surface area contributed by atoms with E-state index in [2.05, 4.69) is 18.1 Å². The maximum atomic E-state index is 12.7. The number of amides is 1. The van der Waals surface area contributed by atoms with Gasteiger partial charge in [0.1, 0.15) is 18.1 Å². The average molecular weight is 346 g/mol. The highest BCUT2D eigenvalue weighted by Crippen LogP contribution is 2.23. The van der Waals surface area contributed by atoms with Gasteiger partial charge in [0, 0.05) is 30.1 Å². The number of aromatic amines is 1. The van der Waals surface area contributed by atoms with Crippen LogP contribution in [-0.2, 0) is 6.61 Å². The molecule has 1 aromatic heterocycles. The zero-order chi connectivity index (χ0) is 18.4. The van der Waals surface area contributed by atoms with Crippen LogP contribution >= 0.6 is 0 Å². The highest BCUT2D eigenvalue weighted by Gasteiger charge is 2.16. The Hall–Kier alpha value is -3.27. The number of carbonyl (C=O) groups excluding carboxylic acids is 1. The molecule has 2 aromatic carbocycles.